The van der Waals surface area contributed by atoms with Crippen LogP contribution in [0, 0.1) is 0 Å². The van der Waals surface area contributed by atoms with Crippen molar-refractivity contribution in [2.24, 2.45) is 4.99 Å². The molecule has 0 amide bonds. The third kappa shape index (κ3) is 6.02. The van der Waals surface area contributed by atoms with E-state index in [1.807, 2.05) is 18.2 Å². The minimum atomic E-state index is 0.680. The van der Waals surface area contributed by atoms with Gasteiger partial charge in [-0.3, -0.25) is 9.89 Å². The van der Waals surface area contributed by atoms with Gasteiger partial charge in [0.2, 0.25) is 0 Å². The molecule has 0 aromatic heterocycles. The maximum Gasteiger partial charge on any atom is 0.191 e. The highest BCUT2D eigenvalue weighted by Gasteiger charge is 2.28. The van der Waals surface area contributed by atoms with Gasteiger partial charge in [0.1, 0.15) is 5.75 Å². The molecular weight excluding hydrogens is 304 g/mol. The molecular formula is C18H30N4O2. The average molecular weight is 334 g/mol. The van der Waals surface area contributed by atoms with Crippen LogP contribution >= 0.6 is 0 Å². The second kappa shape index (κ2) is 10.2. The van der Waals surface area contributed by atoms with Gasteiger partial charge in [0.05, 0.1) is 13.7 Å². The van der Waals surface area contributed by atoms with Crippen molar-refractivity contribution in [3.8, 4) is 5.75 Å². The van der Waals surface area contributed by atoms with Gasteiger partial charge in [0, 0.05) is 51.9 Å². The van der Waals surface area contributed by atoms with Crippen LogP contribution in [0.15, 0.2) is 29.3 Å². The SMILES string of the molecule is CN=C(NCCN(CCOC)C1CC1)NCc1ccccc1OC. The lowest BCUT2D eigenvalue weighted by Gasteiger charge is -2.22. The lowest BCUT2D eigenvalue weighted by atomic mass is 10.2. The zero-order chi connectivity index (χ0) is 17.2. The summed E-state index contributed by atoms with van der Waals surface area (Å²) in [6.45, 7) is 4.34. The number of guanidine groups is 1. The molecule has 24 heavy (non-hydrogen) atoms. The van der Waals surface area contributed by atoms with Crippen molar-refractivity contribution in [3.63, 3.8) is 0 Å². The van der Waals surface area contributed by atoms with Crippen LogP contribution in [-0.2, 0) is 11.3 Å². The van der Waals surface area contributed by atoms with Crippen molar-refractivity contribution < 1.29 is 9.47 Å². The number of ether oxygens (including phenoxy) is 2. The summed E-state index contributed by atoms with van der Waals surface area (Å²) in [5.74, 6) is 1.70. The third-order valence-electron chi connectivity index (χ3n) is 4.20. The molecule has 0 radical (unpaired) electrons. The molecule has 6 nitrogen and oxygen atoms in total. The Morgan fingerprint density at radius 2 is 2.00 bits per heavy atom. The van der Waals surface area contributed by atoms with Crippen LogP contribution in [-0.4, -0.2) is 64.4 Å². The van der Waals surface area contributed by atoms with Gasteiger partial charge in [-0.2, -0.15) is 0 Å². The Morgan fingerprint density at radius 1 is 1.21 bits per heavy atom. The molecule has 1 aliphatic rings. The predicted octanol–water partition coefficient (Wildman–Crippen LogP) is 1.47. The molecule has 1 saturated carbocycles. The second-order valence-corrected chi connectivity index (χ2v) is 5.92. The Kier molecular flexibility index (Phi) is 7.85. The zero-order valence-corrected chi connectivity index (χ0v) is 15.0. The number of hydrogen-bond donors (Lipinski definition) is 2. The Labute approximate surface area is 145 Å². The minimum absolute atomic E-state index is 0.680. The Morgan fingerprint density at radius 3 is 2.67 bits per heavy atom. The van der Waals surface area contributed by atoms with Gasteiger partial charge < -0.3 is 20.1 Å². The number of para-hydroxylation sites is 1. The first-order valence-electron chi connectivity index (χ1n) is 8.58. The molecule has 0 aliphatic heterocycles. The van der Waals surface area contributed by atoms with Gasteiger partial charge in [-0.05, 0) is 18.9 Å². The number of benzene rings is 1. The van der Waals surface area contributed by atoms with Crippen LogP contribution in [0.1, 0.15) is 18.4 Å². The van der Waals surface area contributed by atoms with E-state index in [1.165, 1.54) is 12.8 Å². The molecule has 134 valence electrons. The number of nitrogens with zero attached hydrogens (tertiary/aromatic N) is 2. The van der Waals surface area contributed by atoms with Crippen LogP contribution in [0.3, 0.4) is 0 Å². The van der Waals surface area contributed by atoms with E-state index >= 15 is 0 Å². The van der Waals surface area contributed by atoms with Crippen molar-refractivity contribution in [2.75, 3.05) is 47.5 Å². The van der Waals surface area contributed by atoms with E-state index in [0.717, 1.165) is 49.6 Å². The summed E-state index contributed by atoms with van der Waals surface area (Å²) >= 11 is 0. The van der Waals surface area contributed by atoms with E-state index in [-0.39, 0.29) is 0 Å². The van der Waals surface area contributed by atoms with Crippen molar-refractivity contribution in [2.45, 2.75) is 25.4 Å². The summed E-state index contributed by atoms with van der Waals surface area (Å²) < 4.78 is 10.6. The fraction of sp³-hybridized carbons (Fsp3) is 0.611. The normalized spacial score (nSPS) is 14.8. The Hall–Kier alpha value is -1.79. The second-order valence-electron chi connectivity index (χ2n) is 5.92. The summed E-state index contributed by atoms with van der Waals surface area (Å²) in [6.07, 6.45) is 2.62. The van der Waals surface area contributed by atoms with Crippen LogP contribution in [0.4, 0.5) is 0 Å². The fourth-order valence-corrected chi connectivity index (χ4v) is 2.69. The predicted molar refractivity (Wildman–Crippen MR) is 97.7 cm³/mol. The molecule has 0 atom stereocenters. The number of hydrogen-bond acceptors (Lipinski definition) is 4. The summed E-state index contributed by atoms with van der Waals surface area (Å²) in [7, 11) is 5.24. The highest BCUT2D eigenvalue weighted by atomic mass is 16.5. The van der Waals surface area contributed by atoms with Crippen LogP contribution in [0.2, 0.25) is 0 Å². The Balaban J connectivity index is 1.73. The highest BCUT2D eigenvalue weighted by molar-refractivity contribution is 5.79. The average Bonchev–Trinajstić information content (AvgIpc) is 3.45. The molecule has 0 saturated heterocycles. The lowest BCUT2D eigenvalue weighted by Crippen LogP contribution is -2.42. The van der Waals surface area contributed by atoms with Crippen molar-refractivity contribution >= 4 is 5.96 Å². The van der Waals surface area contributed by atoms with Crippen LogP contribution < -0.4 is 15.4 Å². The van der Waals surface area contributed by atoms with Gasteiger partial charge in [-0.25, -0.2) is 0 Å². The van der Waals surface area contributed by atoms with Crippen LogP contribution in [0.5, 0.6) is 5.75 Å². The Bertz CT molecular complexity index is 517. The first kappa shape index (κ1) is 18.5. The van der Waals surface area contributed by atoms with Gasteiger partial charge in [-0.15, -0.1) is 0 Å². The lowest BCUT2D eigenvalue weighted by molar-refractivity contribution is 0.144. The number of methoxy groups -OCH3 is 2. The molecule has 1 aliphatic carbocycles. The quantitative estimate of drug-likeness (QED) is 0.501. The molecule has 1 fully saturated rings. The number of nitrogens with one attached hydrogen (secondary N) is 2. The van der Waals surface area contributed by atoms with Gasteiger partial charge in [0.25, 0.3) is 0 Å². The summed E-state index contributed by atoms with van der Waals surface area (Å²) in [6, 6.07) is 8.75. The van der Waals surface area contributed by atoms with Crippen molar-refractivity contribution in [1.29, 1.82) is 0 Å². The number of aliphatic imine (C=N–C) groups is 1. The van der Waals surface area contributed by atoms with Crippen molar-refractivity contribution in [1.82, 2.24) is 15.5 Å². The maximum absolute atomic E-state index is 5.38. The molecule has 0 heterocycles. The van der Waals surface area contributed by atoms with E-state index in [0.29, 0.717) is 6.54 Å². The van der Waals surface area contributed by atoms with E-state index in [1.54, 1.807) is 21.3 Å². The smallest absolute Gasteiger partial charge is 0.191 e. The van der Waals surface area contributed by atoms with Crippen molar-refractivity contribution in [3.05, 3.63) is 29.8 Å². The van der Waals surface area contributed by atoms with E-state index in [9.17, 15) is 0 Å². The highest BCUT2D eigenvalue weighted by Crippen LogP contribution is 2.25. The van der Waals surface area contributed by atoms with Crippen LogP contribution in [0.25, 0.3) is 0 Å². The van der Waals surface area contributed by atoms with E-state index in [2.05, 4.69) is 26.6 Å². The molecule has 0 bridgehead atoms. The topological polar surface area (TPSA) is 58.1 Å². The molecule has 6 heteroatoms. The summed E-state index contributed by atoms with van der Waals surface area (Å²) in [5, 5.41) is 6.72. The summed E-state index contributed by atoms with van der Waals surface area (Å²) in [5.41, 5.74) is 1.11. The molecule has 2 N–H and O–H groups in total. The minimum Gasteiger partial charge on any atom is -0.496 e. The fourth-order valence-electron chi connectivity index (χ4n) is 2.69. The standard InChI is InChI=1S/C18H30N4O2/c1-19-18(21-14-15-6-4-5-7-17(15)24-3)20-10-11-22(12-13-23-2)16-8-9-16/h4-7,16H,8-14H2,1-3H3,(H2,19,20,21). The molecule has 2 rings (SSSR count). The van der Waals surface area contributed by atoms with Gasteiger partial charge in [-0.1, -0.05) is 18.2 Å². The number of rotatable bonds is 10. The maximum atomic E-state index is 5.38. The first-order chi connectivity index (χ1) is 11.8. The van der Waals surface area contributed by atoms with E-state index < -0.39 is 0 Å². The molecule has 0 unspecified atom stereocenters. The first-order valence-corrected chi connectivity index (χ1v) is 8.58. The molecule has 0 spiro atoms. The monoisotopic (exact) mass is 334 g/mol. The largest absolute Gasteiger partial charge is 0.496 e. The van der Waals surface area contributed by atoms with E-state index in [4.69, 9.17) is 9.47 Å². The zero-order valence-electron chi connectivity index (χ0n) is 15.0. The third-order valence-corrected chi connectivity index (χ3v) is 4.20. The van der Waals surface area contributed by atoms with Gasteiger partial charge >= 0.3 is 0 Å². The summed E-state index contributed by atoms with van der Waals surface area (Å²) in [4.78, 5) is 6.78. The van der Waals surface area contributed by atoms with Gasteiger partial charge in [0.15, 0.2) is 5.96 Å². The molecule has 1 aromatic carbocycles. The molecule has 1 aromatic rings.